The highest BCUT2D eigenvalue weighted by atomic mass is 35.5. The first-order valence-electron chi connectivity index (χ1n) is 7.06. The van der Waals surface area contributed by atoms with Crippen molar-refractivity contribution in [3.05, 3.63) is 46.7 Å². The minimum Gasteiger partial charge on any atom is -0.459 e. The topological polar surface area (TPSA) is 107 Å². The number of furan rings is 1. The van der Waals surface area contributed by atoms with Crippen LogP contribution in [0.15, 0.2) is 39.9 Å². The van der Waals surface area contributed by atoms with Crippen molar-refractivity contribution in [1.29, 1.82) is 0 Å². The molecular weight excluding hydrogens is 334 g/mol. The van der Waals surface area contributed by atoms with Gasteiger partial charge in [-0.3, -0.25) is 0 Å². The number of rotatable bonds is 5. The lowest BCUT2D eigenvalue weighted by Gasteiger charge is -2.11. The van der Waals surface area contributed by atoms with Gasteiger partial charge in [0.15, 0.2) is 0 Å². The third-order valence-corrected chi connectivity index (χ3v) is 3.04. The lowest BCUT2D eigenvalue weighted by molar-refractivity contribution is 0.0378. The number of hydrazone groups is 1. The molecule has 1 aromatic heterocycles. The summed E-state index contributed by atoms with van der Waals surface area (Å²) in [6, 6.07) is 7.28. The van der Waals surface area contributed by atoms with Crippen molar-refractivity contribution in [3.8, 4) is 11.3 Å². The van der Waals surface area contributed by atoms with Crippen molar-refractivity contribution in [2.75, 3.05) is 0 Å². The van der Waals surface area contributed by atoms with E-state index in [0.717, 1.165) is 0 Å². The monoisotopic (exact) mass is 349 g/mol. The van der Waals surface area contributed by atoms with Crippen LogP contribution in [0.1, 0.15) is 30.0 Å². The number of benzene rings is 1. The molecule has 2 aromatic rings. The van der Waals surface area contributed by atoms with Gasteiger partial charge in [0.1, 0.15) is 11.5 Å². The van der Waals surface area contributed by atoms with Crippen molar-refractivity contribution in [2.24, 2.45) is 10.8 Å². The van der Waals surface area contributed by atoms with E-state index in [1.54, 1.807) is 44.2 Å². The Hall–Kier alpha value is -2.80. The number of amides is 2. The van der Waals surface area contributed by atoms with E-state index in [2.05, 4.69) is 10.5 Å². The Kier molecular flexibility index (Phi) is 5.59. The summed E-state index contributed by atoms with van der Waals surface area (Å²) in [6.45, 7) is 3.53. The third kappa shape index (κ3) is 4.60. The number of carbonyl (C=O) groups excluding carboxylic acids is 2. The fraction of sp³-hybridized carbons (Fsp3) is 0.188. The second-order valence-electron chi connectivity index (χ2n) is 5.08. The van der Waals surface area contributed by atoms with E-state index >= 15 is 0 Å². The first-order valence-corrected chi connectivity index (χ1v) is 7.44. The summed E-state index contributed by atoms with van der Waals surface area (Å²) in [4.78, 5) is 22.8. The van der Waals surface area contributed by atoms with Crippen molar-refractivity contribution in [2.45, 2.75) is 20.0 Å². The Balaban J connectivity index is 2.33. The molecule has 2 rings (SSSR count). The van der Waals surface area contributed by atoms with Crippen LogP contribution in [0.25, 0.3) is 11.3 Å². The molecule has 126 valence electrons. The molecule has 0 atom stereocenters. The molecule has 0 aliphatic heterocycles. The zero-order chi connectivity index (χ0) is 17.7. The maximum atomic E-state index is 12.2. The Morgan fingerprint density at radius 2 is 2.08 bits per heavy atom. The molecule has 0 unspecified atom stereocenters. The molecule has 24 heavy (non-hydrogen) atoms. The van der Waals surface area contributed by atoms with Crippen LogP contribution in [0.5, 0.6) is 0 Å². The zero-order valence-corrected chi connectivity index (χ0v) is 13.8. The molecular formula is C16H16ClN3O4. The molecule has 0 radical (unpaired) electrons. The number of hydrogen-bond donors (Lipinski definition) is 2. The number of urea groups is 1. The minimum atomic E-state index is -0.786. The Morgan fingerprint density at radius 1 is 1.33 bits per heavy atom. The van der Waals surface area contributed by atoms with Crippen LogP contribution in [0.3, 0.4) is 0 Å². The molecule has 0 aliphatic carbocycles. The van der Waals surface area contributed by atoms with Gasteiger partial charge in [0.25, 0.3) is 0 Å². The Labute approximate surface area is 143 Å². The largest absolute Gasteiger partial charge is 0.459 e. The van der Waals surface area contributed by atoms with Gasteiger partial charge in [-0.05, 0) is 44.2 Å². The van der Waals surface area contributed by atoms with E-state index < -0.39 is 12.0 Å². The zero-order valence-electron chi connectivity index (χ0n) is 13.1. The smallest absolute Gasteiger partial charge is 0.339 e. The molecule has 1 heterocycles. The second-order valence-corrected chi connectivity index (χ2v) is 5.52. The lowest BCUT2D eigenvalue weighted by atomic mass is 10.1. The van der Waals surface area contributed by atoms with Crippen molar-refractivity contribution in [3.63, 3.8) is 0 Å². The standard InChI is InChI=1S/C16H16ClN3O4/c1-9(2)23-15(21)12-5-3-10(17)7-13(12)14-6-4-11(24-14)8-19-20-16(18)22/h3-9H,1-2H3,(H3,18,20,22)/b19-8+. The van der Waals surface area contributed by atoms with Crippen LogP contribution in [0.4, 0.5) is 4.79 Å². The lowest BCUT2D eigenvalue weighted by Crippen LogP contribution is -2.24. The van der Waals surface area contributed by atoms with Gasteiger partial charge in [-0.2, -0.15) is 5.10 Å². The van der Waals surface area contributed by atoms with Crippen LogP contribution in [0, 0.1) is 0 Å². The van der Waals surface area contributed by atoms with Gasteiger partial charge < -0.3 is 14.9 Å². The summed E-state index contributed by atoms with van der Waals surface area (Å²) in [5, 5.41) is 4.05. The fourth-order valence-corrected chi connectivity index (χ4v) is 2.07. The highest BCUT2D eigenvalue weighted by Gasteiger charge is 2.18. The number of carbonyl (C=O) groups is 2. The average molecular weight is 350 g/mol. The summed E-state index contributed by atoms with van der Waals surface area (Å²) in [5.41, 5.74) is 7.79. The predicted octanol–water partition coefficient (Wildman–Crippen LogP) is 3.17. The summed E-state index contributed by atoms with van der Waals surface area (Å²) in [7, 11) is 0. The fourth-order valence-electron chi connectivity index (χ4n) is 1.90. The number of nitrogens with zero attached hydrogens (tertiary/aromatic N) is 1. The van der Waals surface area contributed by atoms with Gasteiger partial charge in [0.2, 0.25) is 0 Å². The maximum Gasteiger partial charge on any atom is 0.339 e. The van der Waals surface area contributed by atoms with Gasteiger partial charge >= 0.3 is 12.0 Å². The number of esters is 1. The molecule has 0 fully saturated rings. The molecule has 0 bridgehead atoms. The Bertz CT molecular complexity index is 783. The summed E-state index contributed by atoms with van der Waals surface area (Å²) in [5.74, 6) is 0.300. The molecule has 1 aromatic carbocycles. The summed E-state index contributed by atoms with van der Waals surface area (Å²) in [6.07, 6.45) is 1.03. The predicted molar refractivity (Wildman–Crippen MR) is 90.0 cm³/mol. The quantitative estimate of drug-likeness (QED) is 0.491. The van der Waals surface area contributed by atoms with Gasteiger partial charge in [-0.15, -0.1) is 0 Å². The molecule has 3 N–H and O–H groups in total. The minimum absolute atomic E-state index is 0.250. The average Bonchev–Trinajstić information content (AvgIpc) is 2.94. The SMILES string of the molecule is CC(C)OC(=O)c1ccc(Cl)cc1-c1ccc(/C=N/NC(N)=O)o1. The van der Waals surface area contributed by atoms with Crippen LogP contribution >= 0.6 is 11.6 Å². The normalized spacial score (nSPS) is 11.0. The van der Waals surface area contributed by atoms with Gasteiger partial charge in [-0.25, -0.2) is 15.0 Å². The van der Waals surface area contributed by atoms with E-state index in [9.17, 15) is 9.59 Å². The molecule has 7 nitrogen and oxygen atoms in total. The molecule has 8 heteroatoms. The second kappa shape index (κ2) is 7.65. The van der Waals surface area contributed by atoms with Gasteiger partial charge in [0.05, 0.1) is 17.9 Å². The number of primary amides is 1. The molecule has 2 amide bonds. The maximum absolute atomic E-state index is 12.2. The van der Waals surface area contributed by atoms with E-state index in [1.807, 2.05) is 0 Å². The molecule has 0 aliphatic rings. The number of halogens is 1. The molecule has 0 saturated heterocycles. The first kappa shape index (κ1) is 17.6. The van der Waals surface area contributed by atoms with Gasteiger partial charge in [-0.1, -0.05) is 11.6 Å². The number of ether oxygens (including phenoxy) is 1. The Morgan fingerprint density at radius 3 is 2.75 bits per heavy atom. The van der Waals surface area contributed by atoms with E-state index in [-0.39, 0.29) is 6.10 Å². The number of hydrogen-bond acceptors (Lipinski definition) is 5. The van der Waals surface area contributed by atoms with Crippen LogP contribution in [-0.2, 0) is 4.74 Å². The molecule has 0 saturated carbocycles. The summed E-state index contributed by atoms with van der Waals surface area (Å²) < 4.78 is 10.8. The molecule has 0 spiro atoms. The van der Waals surface area contributed by atoms with Crippen molar-refractivity contribution < 1.29 is 18.7 Å². The highest BCUT2D eigenvalue weighted by Crippen LogP contribution is 2.29. The number of nitrogens with two attached hydrogens (primary N) is 1. The van der Waals surface area contributed by atoms with E-state index in [4.69, 9.17) is 26.5 Å². The van der Waals surface area contributed by atoms with E-state index in [0.29, 0.717) is 27.7 Å². The van der Waals surface area contributed by atoms with E-state index in [1.165, 1.54) is 6.21 Å². The van der Waals surface area contributed by atoms with Crippen LogP contribution in [0.2, 0.25) is 5.02 Å². The van der Waals surface area contributed by atoms with Crippen LogP contribution < -0.4 is 11.2 Å². The van der Waals surface area contributed by atoms with Crippen molar-refractivity contribution in [1.82, 2.24) is 5.43 Å². The highest BCUT2D eigenvalue weighted by molar-refractivity contribution is 6.31. The summed E-state index contributed by atoms with van der Waals surface area (Å²) >= 11 is 6.02. The van der Waals surface area contributed by atoms with Crippen LogP contribution in [-0.4, -0.2) is 24.3 Å². The van der Waals surface area contributed by atoms with Crippen molar-refractivity contribution >= 4 is 29.8 Å². The van der Waals surface area contributed by atoms with Gasteiger partial charge in [0, 0.05) is 10.6 Å². The third-order valence-electron chi connectivity index (χ3n) is 2.80. The number of nitrogens with one attached hydrogen (secondary N) is 1. The first-order chi connectivity index (χ1) is 11.4.